The van der Waals surface area contributed by atoms with Gasteiger partial charge < -0.3 is 9.55 Å². The second-order valence-corrected chi connectivity index (χ2v) is 2.65. The maximum Gasteiger partial charge on any atom is 0.326 e. The molecule has 0 fully saturated rings. The van der Waals surface area contributed by atoms with Crippen LogP contribution in [0.3, 0.4) is 0 Å². The van der Waals surface area contributed by atoms with Crippen LogP contribution in [0.25, 0.3) is 11.0 Å². The lowest BCUT2D eigenvalue weighted by Crippen LogP contribution is -2.11. The third kappa shape index (κ3) is 1.01. The van der Waals surface area contributed by atoms with Gasteiger partial charge in [-0.3, -0.25) is 0 Å². The predicted molar refractivity (Wildman–Crippen MR) is 46.4 cm³/mol. The Labute approximate surface area is 70.3 Å². The third-order valence-corrected chi connectivity index (χ3v) is 1.83. The van der Waals surface area contributed by atoms with E-state index < -0.39 is 0 Å². The molecule has 0 amide bonds. The van der Waals surface area contributed by atoms with Gasteiger partial charge >= 0.3 is 7.48 Å². The Balaban J connectivity index is 2.69. The molecule has 0 aliphatic heterocycles. The standard InChI is InChI=1S/C8H7BNO2/c1-5-7-3-2-6(9-11)4-8(7)12-10-5/h2-4,11H,1H3. The zero-order valence-electron chi connectivity index (χ0n) is 6.61. The fourth-order valence-electron chi connectivity index (χ4n) is 1.16. The lowest BCUT2D eigenvalue weighted by atomic mass is 9.88. The van der Waals surface area contributed by atoms with Crippen LogP contribution < -0.4 is 5.46 Å². The van der Waals surface area contributed by atoms with E-state index in [4.69, 9.17) is 9.55 Å². The van der Waals surface area contributed by atoms with Gasteiger partial charge in [0.2, 0.25) is 0 Å². The Morgan fingerprint density at radius 3 is 3.08 bits per heavy atom. The van der Waals surface area contributed by atoms with Crippen LogP contribution in [0.1, 0.15) is 5.69 Å². The van der Waals surface area contributed by atoms with Gasteiger partial charge in [0, 0.05) is 5.39 Å². The molecule has 0 bridgehead atoms. The number of aromatic nitrogens is 1. The summed E-state index contributed by atoms with van der Waals surface area (Å²) in [4.78, 5) is 0. The van der Waals surface area contributed by atoms with Gasteiger partial charge in [0.1, 0.15) is 0 Å². The van der Waals surface area contributed by atoms with E-state index >= 15 is 0 Å². The molecule has 3 nitrogen and oxygen atoms in total. The second kappa shape index (κ2) is 2.64. The summed E-state index contributed by atoms with van der Waals surface area (Å²) in [6, 6.07) is 5.44. The molecule has 1 aromatic carbocycles. The van der Waals surface area contributed by atoms with Gasteiger partial charge in [-0.05, 0) is 24.5 Å². The lowest BCUT2D eigenvalue weighted by Gasteiger charge is -1.91. The van der Waals surface area contributed by atoms with Crippen LogP contribution in [-0.2, 0) is 0 Å². The zero-order valence-corrected chi connectivity index (χ0v) is 6.61. The molecular formula is C8H7BNO2. The Hall–Kier alpha value is -1.29. The van der Waals surface area contributed by atoms with E-state index in [1.54, 1.807) is 6.07 Å². The molecule has 1 aromatic heterocycles. The Morgan fingerprint density at radius 1 is 1.50 bits per heavy atom. The average molecular weight is 160 g/mol. The molecule has 0 spiro atoms. The SMILES string of the molecule is Cc1noc2cc([B]O)ccc12. The highest BCUT2D eigenvalue weighted by Gasteiger charge is 2.04. The molecule has 1 heterocycles. The van der Waals surface area contributed by atoms with Crippen LogP contribution in [0.4, 0.5) is 0 Å². The number of rotatable bonds is 1. The van der Waals surface area contributed by atoms with Crippen LogP contribution in [0.2, 0.25) is 0 Å². The highest BCUT2D eigenvalue weighted by Crippen LogP contribution is 2.15. The number of hydrogen-bond acceptors (Lipinski definition) is 3. The van der Waals surface area contributed by atoms with E-state index in [2.05, 4.69) is 5.16 Å². The van der Waals surface area contributed by atoms with Crippen LogP contribution in [0, 0.1) is 6.92 Å². The second-order valence-electron chi connectivity index (χ2n) is 2.65. The van der Waals surface area contributed by atoms with E-state index in [1.807, 2.05) is 19.1 Å². The largest absolute Gasteiger partial charge is 0.450 e. The number of nitrogens with zero attached hydrogens (tertiary/aromatic N) is 1. The van der Waals surface area contributed by atoms with Crippen molar-refractivity contribution in [3.05, 3.63) is 23.9 Å². The van der Waals surface area contributed by atoms with E-state index in [9.17, 15) is 0 Å². The summed E-state index contributed by atoms with van der Waals surface area (Å²) in [6.45, 7) is 1.88. The van der Waals surface area contributed by atoms with Crippen molar-refractivity contribution in [3.63, 3.8) is 0 Å². The average Bonchev–Trinajstić information content (AvgIpc) is 2.47. The van der Waals surface area contributed by atoms with Crippen LogP contribution in [0.15, 0.2) is 22.7 Å². The third-order valence-electron chi connectivity index (χ3n) is 1.83. The van der Waals surface area contributed by atoms with Gasteiger partial charge in [-0.1, -0.05) is 11.2 Å². The number of hydrogen-bond donors (Lipinski definition) is 1. The maximum absolute atomic E-state index is 8.72. The van der Waals surface area contributed by atoms with Crippen molar-refractivity contribution in [3.8, 4) is 0 Å². The quantitative estimate of drug-likeness (QED) is 0.613. The molecule has 1 N–H and O–H groups in total. The molecule has 59 valence electrons. The van der Waals surface area contributed by atoms with Crippen molar-refractivity contribution in [2.45, 2.75) is 6.92 Å². The van der Waals surface area contributed by atoms with Gasteiger partial charge in [-0.25, -0.2) is 0 Å². The minimum atomic E-state index is 0.704. The van der Waals surface area contributed by atoms with Gasteiger partial charge in [0.25, 0.3) is 0 Å². The van der Waals surface area contributed by atoms with Crippen LogP contribution in [0.5, 0.6) is 0 Å². The highest BCUT2D eigenvalue weighted by atomic mass is 16.5. The number of fused-ring (bicyclic) bond motifs is 1. The maximum atomic E-state index is 8.72. The zero-order chi connectivity index (χ0) is 8.55. The lowest BCUT2D eigenvalue weighted by molar-refractivity contribution is 0.450. The molecular weight excluding hydrogens is 153 g/mol. The summed E-state index contributed by atoms with van der Waals surface area (Å²) in [5.41, 5.74) is 2.29. The van der Waals surface area contributed by atoms with E-state index in [-0.39, 0.29) is 0 Å². The Bertz CT molecular complexity index is 410. The van der Waals surface area contributed by atoms with Gasteiger partial charge in [-0.15, -0.1) is 0 Å². The molecule has 0 saturated heterocycles. The first kappa shape index (κ1) is 7.37. The summed E-state index contributed by atoms with van der Waals surface area (Å²) in [7, 11) is 1.04. The van der Waals surface area contributed by atoms with Crippen molar-refractivity contribution >= 4 is 23.9 Å². The minimum Gasteiger partial charge on any atom is -0.450 e. The summed E-state index contributed by atoms with van der Waals surface area (Å²) < 4.78 is 5.01. The van der Waals surface area contributed by atoms with Crippen molar-refractivity contribution in [2.75, 3.05) is 0 Å². The number of aryl methyl sites for hydroxylation is 1. The van der Waals surface area contributed by atoms with Gasteiger partial charge in [0.05, 0.1) is 5.69 Å². The molecule has 0 atom stereocenters. The minimum absolute atomic E-state index is 0.704. The van der Waals surface area contributed by atoms with Crippen molar-refractivity contribution in [2.24, 2.45) is 0 Å². The molecule has 1 radical (unpaired) electrons. The predicted octanol–water partition coefficient (Wildman–Crippen LogP) is 0.373. The molecule has 0 aliphatic rings. The summed E-state index contributed by atoms with van der Waals surface area (Å²) in [5, 5.41) is 13.5. The molecule has 12 heavy (non-hydrogen) atoms. The highest BCUT2D eigenvalue weighted by molar-refractivity contribution is 6.45. The summed E-state index contributed by atoms with van der Waals surface area (Å²) in [5.74, 6) is 0. The molecule has 2 aromatic rings. The van der Waals surface area contributed by atoms with Gasteiger partial charge in [0.15, 0.2) is 5.58 Å². The molecule has 0 unspecified atom stereocenters. The first-order valence-electron chi connectivity index (χ1n) is 3.65. The molecule has 0 aliphatic carbocycles. The number of benzene rings is 1. The van der Waals surface area contributed by atoms with E-state index in [0.29, 0.717) is 5.58 Å². The van der Waals surface area contributed by atoms with Crippen LogP contribution >= 0.6 is 0 Å². The Kier molecular flexibility index (Phi) is 1.62. The van der Waals surface area contributed by atoms with E-state index in [0.717, 1.165) is 24.0 Å². The normalized spacial score (nSPS) is 10.5. The van der Waals surface area contributed by atoms with Crippen molar-refractivity contribution in [1.82, 2.24) is 5.16 Å². The molecule has 2 rings (SSSR count). The van der Waals surface area contributed by atoms with Crippen LogP contribution in [-0.4, -0.2) is 17.7 Å². The fourth-order valence-corrected chi connectivity index (χ4v) is 1.16. The summed E-state index contributed by atoms with van der Waals surface area (Å²) >= 11 is 0. The van der Waals surface area contributed by atoms with Gasteiger partial charge in [-0.2, -0.15) is 0 Å². The van der Waals surface area contributed by atoms with Crippen molar-refractivity contribution in [1.29, 1.82) is 0 Å². The van der Waals surface area contributed by atoms with E-state index in [1.165, 1.54) is 0 Å². The topological polar surface area (TPSA) is 46.3 Å². The smallest absolute Gasteiger partial charge is 0.326 e. The monoisotopic (exact) mass is 160 g/mol. The molecule has 4 heteroatoms. The summed E-state index contributed by atoms with van der Waals surface area (Å²) in [6.07, 6.45) is 0. The molecule has 0 saturated carbocycles. The Morgan fingerprint density at radius 2 is 2.33 bits per heavy atom. The first-order chi connectivity index (χ1) is 5.81. The fraction of sp³-hybridized carbons (Fsp3) is 0.125. The first-order valence-corrected chi connectivity index (χ1v) is 3.65. The van der Waals surface area contributed by atoms with Crippen molar-refractivity contribution < 1.29 is 9.55 Å².